The minimum atomic E-state index is -3.96. The van der Waals surface area contributed by atoms with Crippen LogP contribution in [0.15, 0.2) is 58.1 Å². The summed E-state index contributed by atoms with van der Waals surface area (Å²) in [7, 11) is -3.96. The molecule has 1 aliphatic rings. The first-order chi connectivity index (χ1) is 11.8. The van der Waals surface area contributed by atoms with Crippen LogP contribution in [0, 0.1) is 12.8 Å². The largest absolute Gasteiger partial charge is 0.276 e. The molecule has 0 bridgehead atoms. The van der Waals surface area contributed by atoms with Gasteiger partial charge in [-0.2, -0.15) is 18.4 Å². The van der Waals surface area contributed by atoms with Crippen molar-refractivity contribution in [1.29, 1.82) is 0 Å². The van der Waals surface area contributed by atoms with E-state index in [0.717, 1.165) is 5.56 Å². The molecule has 0 fully saturated rings. The van der Waals surface area contributed by atoms with Gasteiger partial charge in [0.15, 0.2) is 0 Å². The molecule has 0 aliphatic heterocycles. The highest BCUT2D eigenvalue weighted by molar-refractivity contribution is 7.89. The van der Waals surface area contributed by atoms with Crippen molar-refractivity contribution < 1.29 is 13.9 Å². The van der Waals surface area contributed by atoms with E-state index in [1.165, 1.54) is 25.1 Å². The molecule has 1 aromatic carbocycles. The fourth-order valence-electron chi connectivity index (χ4n) is 1.83. The van der Waals surface area contributed by atoms with Crippen LogP contribution in [-0.2, 0) is 10.0 Å². The number of hydrogen-bond acceptors (Lipinski definition) is 3. The second-order valence-electron chi connectivity index (χ2n) is 5.29. The van der Waals surface area contributed by atoms with Crippen molar-refractivity contribution in [3.8, 4) is 0 Å². The number of rotatable bonds is 4. The lowest BCUT2D eigenvalue weighted by Crippen LogP contribution is -2.23. The predicted octanol–water partition coefficient (Wildman–Crippen LogP) is 3.56. The Bertz CT molecular complexity index is 888. The number of hydrazone groups is 1. The van der Waals surface area contributed by atoms with Gasteiger partial charge >= 0.3 is 0 Å². The van der Waals surface area contributed by atoms with E-state index >= 15 is 0 Å². The van der Waals surface area contributed by atoms with E-state index in [2.05, 4.69) is 16.5 Å². The van der Waals surface area contributed by atoms with Crippen LogP contribution >= 0.6 is 0 Å². The third-order valence-corrected chi connectivity index (χ3v) is 4.45. The maximum Gasteiger partial charge on any atom is 0.276 e. The molecule has 22 heavy (non-hydrogen) atoms. The molecule has 0 amide bonds. The molecular weight excluding hydrogens is 296 g/mol. The van der Waals surface area contributed by atoms with Gasteiger partial charge in [0.1, 0.15) is 0 Å². The van der Waals surface area contributed by atoms with E-state index in [9.17, 15) is 8.42 Å². The quantitative estimate of drug-likeness (QED) is 0.680. The van der Waals surface area contributed by atoms with E-state index in [1.807, 2.05) is 6.92 Å². The van der Waals surface area contributed by atoms with Crippen LogP contribution in [-0.4, -0.2) is 14.1 Å². The zero-order valence-electron chi connectivity index (χ0n) is 16.8. The fraction of sp³-hybridized carbons (Fsp3) is 0.353. The SMILES string of the molecule is [2H]C1([2H])C=C(C)/C(=N/NS(=O)(=O)c2ccc(C)cc2)C([2H])([2H])[C@@H]1C(=C)C. The van der Waals surface area contributed by atoms with Gasteiger partial charge in [0.2, 0.25) is 0 Å². The maximum atomic E-state index is 12.4. The van der Waals surface area contributed by atoms with E-state index < -0.39 is 28.7 Å². The second kappa shape index (κ2) is 6.48. The van der Waals surface area contributed by atoms with Crippen LogP contribution in [0.1, 0.15) is 37.6 Å². The maximum absolute atomic E-state index is 12.4. The summed E-state index contributed by atoms with van der Waals surface area (Å²) in [5, 5.41) is 3.81. The third kappa shape index (κ3) is 3.85. The van der Waals surface area contributed by atoms with Crippen molar-refractivity contribution in [2.24, 2.45) is 11.0 Å². The van der Waals surface area contributed by atoms with Crippen molar-refractivity contribution in [3.63, 3.8) is 0 Å². The first-order valence-corrected chi connectivity index (χ1v) is 8.29. The van der Waals surface area contributed by atoms with Crippen molar-refractivity contribution in [2.45, 2.75) is 38.4 Å². The van der Waals surface area contributed by atoms with Gasteiger partial charge < -0.3 is 0 Å². The van der Waals surface area contributed by atoms with Crippen LogP contribution < -0.4 is 4.83 Å². The summed E-state index contributed by atoms with van der Waals surface area (Å²) < 4.78 is 57.7. The first kappa shape index (κ1) is 11.7. The first-order valence-electron chi connectivity index (χ1n) is 8.81. The summed E-state index contributed by atoms with van der Waals surface area (Å²) in [4.78, 5) is 2.08. The molecule has 1 aromatic rings. The van der Waals surface area contributed by atoms with Gasteiger partial charge in [-0.3, -0.25) is 0 Å². The molecule has 5 heteroatoms. The minimum absolute atomic E-state index is 0.0113. The molecule has 0 saturated carbocycles. The summed E-state index contributed by atoms with van der Waals surface area (Å²) in [6.07, 6.45) is -2.91. The number of benzene rings is 1. The van der Waals surface area contributed by atoms with Crippen LogP contribution in [0.5, 0.6) is 0 Å². The highest BCUT2D eigenvalue weighted by atomic mass is 32.2. The lowest BCUT2D eigenvalue weighted by atomic mass is 9.85. The monoisotopic (exact) mass is 322 g/mol. The van der Waals surface area contributed by atoms with E-state index in [-0.39, 0.29) is 16.2 Å². The Kier molecular flexibility index (Phi) is 3.43. The molecule has 0 radical (unpaired) electrons. The van der Waals surface area contributed by atoms with E-state index in [1.54, 1.807) is 19.1 Å². The average Bonchev–Trinajstić information content (AvgIpc) is 2.44. The van der Waals surface area contributed by atoms with Crippen LogP contribution in [0.2, 0.25) is 0 Å². The van der Waals surface area contributed by atoms with Crippen LogP contribution in [0.4, 0.5) is 0 Å². The third-order valence-electron chi connectivity index (χ3n) is 3.22. The minimum Gasteiger partial charge on any atom is -0.200 e. The van der Waals surface area contributed by atoms with Gasteiger partial charge in [0, 0.05) is 5.48 Å². The Labute approximate surface area is 138 Å². The molecule has 4 nitrogen and oxygen atoms in total. The molecule has 2 rings (SSSR count). The van der Waals surface area contributed by atoms with Gasteiger partial charge in [-0.25, -0.2) is 0 Å². The second-order valence-corrected chi connectivity index (χ2v) is 6.95. The molecular formula is C17H22N2O2S. The topological polar surface area (TPSA) is 58.5 Å². The Morgan fingerprint density at radius 3 is 2.59 bits per heavy atom. The lowest BCUT2D eigenvalue weighted by molar-refractivity contribution is 0.583. The fourth-order valence-corrected chi connectivity index (χ4v) is 2.64. The predicted molar refractivity (Wildman–Crippen MR) is 90.2 cm³/mol. The normalized spacial score (nSPS) is 27.9. The van der Waals surface area contributed by atoms with Crippen molar-refractivity contribution in [3.05, 3.63) is 53.6 Å². The zero-order chi connectivity index (χ0) is 19.9. The average molecular weight is 322 g/mol. The van der Waals surface area contributed by atoms with Crippen LogP contribution in [0.25, 0.3) is 0 Å². The lowest BCUT2D eigenvalue weighted by Gasteiger charge is -2.22. The van der Waals surface area contributed by atoms with E-state index in [0.29, 0.717) is 5.57 Å². The number of nitrogens with one attached hydrogen (secondary N) is 1. The number of sulfonamides is 1. The highest BCUT2D eigenvalue weighted by Crippen LogP contribution is 2.26. The molecule has 0 saturated heterocycles. The molecule has 118 valence electrons. The Balaban J connectivity index is 2.46. The standard InChI is InChI=1S/C17H22N2O2S/c1-12(2)15-8-7-14(4)17(11-15)18-19-22(20,21)16-9-5-13(3)6-10-16/h5-7,9-10,15,19H,1,8,11H2,2-4H3/b18-17+/t15-/m1/s1/i8D2,11D2. The summed E-state index contributed by atoms with van der Waals surface area (Å²) in [5.74, 6) is -1.18. The van der Waals surface area contributed by atoms with Crippen molar-refractivity contribution >= 4 is 15.7 Å². The zero-order valence-corrected chi connectivity index (χ0v) is 13.7. The smallest absolute Gasteiger partial charge is 0.200 e. The van der Waals surface area contributed by atoms with Gasteiger partial charge in [-0.1, -0.05) is 35.9 Å². The number of allylic oxidation sites excluding steroid dienone is 3. The number of aryl methyl sites for hydroxylation is 1. The van der Waals surface area contributed by atoms with Crippen molar-refractivity contribution in [2.75, 3.05) is 0 Å². The summed E-state index contributed by atoms with van der Waals surface area (Å²) in [6.45, 7) is 8.57. The number of nitrogens with zero attached hydrogens (tertiary/aromatic N) is 1. The Hall–Kier alpha value is -1.88. The van der Waals surface area contributed by atoms with Crippen molar-refractivity contribution in [1.82, 2.24) is 4.83 Å². The van der Waals surface area contributed by atoms with Gasteiger partial charge in [0.25, 0.3) is 10.0 Å². The summed E-state index contributed by atoms with van der Waals surface area (Å²) in [6, 6.07) is 6.17. The van der Waals surface area contributed by atoms with Gasteiger partial charge in [0.05, 0.1) is 10.6 Å². The summed E-state index contributed by atoms with van der Waals surface area (Å²) in [5.41, 5.74) is 1.31. The molecule has 0 heterocycles. The molecule has 1 aliphatic carbocycles. The molecule has 1 atom stereocenters. The van der Waals surface area contributed by atoms with Gasteiger partial charge in [-0.15, -0.1) is 0 Å². The highest BCUT2D eigenvalue weighted by Gasteiger charge is 2.20. The summed E-state index contributed by atoms with van der Waals surface area (Å²) >= 11 is 0. The molecule has 0 aromatic heterocycles. The Morgan fingerprint density at radius 2 is 2.00 bits per heavy atom. The Morgan fingerprint density at radius 1 is 1.36 bits per heavy atom. The number of hydrogen-bond donors (Lipinski definition) is 1. The van der Waals surface area contributed by atoms with Crippen LogP contribution in [0.3, 0.4) is 0 Å². The molecule has 0 unspecified atom stereocenters. The van der Waals surface area contributed by atoms with E-state index in [4.69, 9.17) is 5.48 Å². The molecule has 0 spiro atoms. The van der Waals surface area contributed by atoms with Gasteiger partial charge in [-0.05, 0) is 57.1 Å². The molecule has 1 N–H and O–H groups in total.